The monoisotopic (exact) mass is 382 g/mol. The lowest BCUT2D eigenvalue weighted by Crippen LogP contribution is -2.26. The molecule has 2 aromatic rings. The smallest absolute Gasteiger partial charge is 0.338 e. The van der Waals surface area contributed by atoms with Gasteiger partial charge in [0.1, 0.15) is 0 Å². The van der Waals surface area contributed by atoms with Crippen LogP contribution < -0.4 is 5.32 Å². The van der Waals surface area contributed by atoms with Gasteiger partial charge in [0.15, 0.2) is 5.17 Å². The number of ether oxygens (including phenoxy) is 1. The van der Waals surface area contributed by atoms with E-state index in [1.807, 2.05) is 37.3 Å². The first-order chi connectivity index (χ1) is 13.0. The standard InChI is InChI=1S/C21H22N2O3S/c1-4-26-20(25)16-8-6-15(7-9-16)12-18-19(24)23-21(27-18)22-17-10-5-13(2)14(3)11-17/h5-11,18H,4,12H2,1-3H3,(H,22,23,24)/t18-/m1/s1. The number of esters is 1. The third-order valence-electron chi connectivity index (χ3n) is 4.38. The molecule has 1 saturated heterocycles. The fourth-order valence-electron chi connectivity index (χ4n) is 2.71. The zero-order valence-electron chi connectivity index (χ0n) is 15.6. The SMILES string of the molecule is CCOC(=O)c1ccc(C[C@H]2SC(=Nc3ccc(C)c(C)c3)NC2=O)cc1. The van der Waals surface area contributed by atoms with E-state index < -0.39 is 0 Å². The number of amidine groups is 1. The molecule has 0 aromatic heterocycles. The van der Waals surface area contributed by atoms with Gasteiger partial charge in [-0.05, 0) is 68.1 Å². The fourth-order valence-corrected chi connectivity index (χ4v) is 3.74. The minimum absolute atomic E-state index is 0.0444. The fraction of sp³-hybridized carbons (Fsp3) is 0.286. The molecule has 1 N–H and O–H groups in total. The Kier molecular flexibility index (Phi) is 5.96. The molecule has 1 heterocycles. The molecule has 5 nitrogen and oxygen atoms in total. The molecular formula is C21H22N2O3S. The third kappa shape index (κ3) is 4.77. The average Bonchev–Trinajstić information content (AvgIpc) is 2.98. The summed E-state index contributed by atoms with van der Waals surface area (Å²) in [6.07, 6.45) is 0.575. The molecule has 0 radical (unpaired) electrons. The molecule has 1 atom stereocenters. The number of carbonyl (C=O) groups is 2. The van der Waals surface area contributed by atoms with Crippen molar-refractivity contribution in [3.63, 3.8) is 0 Å². The summed E-state index contributed by atoms with van der Waals surface area (Å²) in [5, 5.41) is 3.24. The number of nitrogens with one attached hydrogen (secondary N) is 1. The minimum Gasteiger partial charge on any atom is -0.462 e. The van der Waals surface area contributed by atoms with Crippen LogP contribution in [0.15, 0.2) is 47.5 Å². The first-order valence-corrected chi connectivity index (χ1v) is 9.73. The van der Waals surface area contributed by atoms with Gasteiger partial charge in [-0.2, -0.15) is 0 Å². The van der Waals surface area contributed by atoms with Crippen LogP contribution in [0, 0.1) is 13.8 Å². The predicted molar refractivity (Wildman–Crippen MR) is 109 cm³/mol. The molecule has 0 aliphatic carbocycles. The number of carbonyl (C=O) groups excluding carboxylic acids is 2. The number of hydrogen-bond acceptors (Lipinski definition) is 5. The number of hydrogen-bond donors (Lipinski definition) is 1. The Hall–Kier alpha value is -2.60. The summed E-state index contributed by atoms with van der Waals surface area (Å²) in [5.41, 5.74) is 4.72. The van der Waals surface area contributed by atoms with E-state index in [2.05, 4.69) is 17.2 Å². The number of aliphatic imine (C=N–C) groups is 1. The molecule has 0 spiro atoms. The molecule has 0 unspecified atom stereocenters. The third-order valence-corrected chi connectivity index (χ3v) is 5.47. The maximum Gasteiger partial charge on any atom is 0.338 e. The second-order valence-corrected chi connectivity index (χ2v) is 7.59. The highest BCUT2D eigenvalue weighted by molar-refractivity contribution is 8.15. The van der Waals surface area contributed by atoms with Crippen LogP contribution in [0.1, 0.15) is 34.0 Å². The molecule has 0 saturated carbocycles. The van der Waals surface area contributed by atoms with Crippen LogP contribution >= 0.6 is 11.8 Å². The van der Waals surface area contributed by atoms with E-state index in [-0.39, 0.29) is 17.1 Å². The van der Waals surface area contributed by atoms with Gasteiger partial charge >= 0.3 is 5.97 Å². The minimum atomic E-state index is -0.333. The van der Waals surface area contributed by atoms with Crippen LogP contribution in [0.2, 0.25) is 0 Å². The van der Waals surface area contributed by atoms with Crippen LogP contribution in [0.5, 0.6) is 0 Å². The maximum atomic E-state index is 12.3. The Morgan fingerprint density at radius 2 is 1.89 bits per heavy atom. The maximum absolute atomic E-state index is 12.3. The number of amides is 1. The summed E-state index contributed by atoms with van der Waals surface area (Å²) in [7, 11) is 0. The van der Waals surface area contributed by atoms with Crippen LogP contribution in [-0.2, 0) is 16.0 Å². The molecule has 2 aromatic carbocycles. The van der Waals surface area contributed by atoms with Crippen molar-refractivity contribution >= 4 is 34.5 Å². The molecule has 140 valence electrons. The Bertz CT molecular complexity index is 891. The van der Waals surface area contributed by atoms with Gasteiger partial charge in [-0.1, -0.05) is 30.0 Å². The Balaban J connectivity index is 1.66. The van der Waals surface area contributed by atoms with Crippen molar-refractivity contribution in [1.29, 1.82) is 0 Å². The van der Waals surface area contributed by atoms with E-state index in [1.54, 1.807) is 19.1 Å². The normalized spacial score (nSPS) is 17.8. The quantitative estimate of drug-likeness (QED) is 0.796. The molecule has 1 fully saturated rings. The summed E-state index contributed by atoms with van der Waals surface area (Å²) in [6.45, 7) is 6.23. The summed E-state index contributed by atoms with van der Waals surface area (Å²) >= 11 is 1.43. The van der Waals surface area contributed by atoms with Crippen molar-refractivity contribution in [2.24, 2.45) is 4.99 Å². The molecule has 1 aliphatic rings. The summed E-state index contributed by atoms with van der Waals surface area (Å²) in [4.78, 5) is 28.5. The first kappa shape index (κ1) is 19.2. The number of aryl methyl sites for hydroxylation is 2. The highest BCUT2D eigenvalue weighted by atomic mass is 32.2. The molecule has 1 amide bonds. The van der Waals surface area contributed by atoms with E-state index in [9.17, 15) is 9.59 Å². The van der Waals surface area contributed by atoms with Gasteiger partial charge in [0.2, 0.25) is 5.91 Å². The lowest BCUT2D eigenvalue weighted by atomic mass is 10.1. The second-order valence-electron chi connectivity index (χ2n) is 6.40. The van der Waals surface area contributed by atoms with E-state index in [0.29, 0.717) is 23.8 Å². The van der Waals surface area contributed by atoms with Crippen molar-refractivity contribution in [2.75, 3.05) is 6.61 Å². The van der Waals surface area contributed by atoms with Crippen LogP contribution in [-0.4, -0.2) is 28.9 Å². The highest BCUT2D eigenvalue weighted by Gasteiger charge is 2.30. The van der Waals surface area contributed by atoms with E-state index in [4.69, 9.17) is 4.74 Å². The number of thioether (sulfide) groups is 1. The van der Waals surface area contributed by atoms with Gasteiger partial charge in [-0.15, -0.1) is 0 Å². The van der Waals surface area contributed by atoms with Gasteiger partial charge in [0.25, 0.3) is 0 Å². The summed E-state index contributed by atoms with van der Waals surface area (Å²) in [6, 6.07) is 13.2. The van der Waals surface area contributed by atoms with Crippen molar-refractivity contribution in [2.45, 2.75) is 32.4 Å². The van der Waals surface area contributed by atoms with E-state index in [1.165, 1.54) is 22.9 Å². The molecule has 3 rings (SSSR count). The number of rotatable bonds is 5. The van der Waals surface area contributed by atoms with Crippen LogP contribution in [0.25, 0.3) is 0 Å². The zero-order valence-corrected chi connectivity index (χ0v) is 16.4. The van der Waals surface area contributed by atoms with Gasteiger partial charge < -0.3 is 10.1 Å². The molecule has 1 aliphatic heterocycles. The predicted octanol–water partition coefficient (Wildman–Crippen LogP) is 3.94. The van der Waals surface area contributed by atoms with Crippen LogP contribution in [0.4, 0.5) is 5.69 Å². The van der Waals surface area contributed by atoms with Gasteiger partial charge in [-0.25, -0.2) is 9.79 Å². The van der Waals surface area contributed by atoms with E-state index in [0.717, 1.165) is 11.3 Å². The lowest BCUT2D eigenvalue weighted by Gasteiger charge is -2.07. The summed E-state index contributed by atoms with van der Waals surface area (Å²) < 4.78 is 4.98. The van der Waals surface area contributed by atoms with Crippen molar-refractivity contribution in [3.05, 3.63) is 64.7 Å². The number of benzene rings is 2. The highest BCUT2D eigenvalue weighted by Crippen LogP contribution is 2.26. The Morgan fingerprint density at radius 1 is 1.15 bits per heavy atom. The van der Waals surface area contributed by atoms with Crippen LogP contribution in [0.3, 0.4) is 0 Å². The van der Waals surface area contributed by atoms with Gasteiger partial charge in [0.05, 0.1) is 23.1 Å². The van der Waals surface area contributed by atoms with Crippen molar-refractivity contribution < 1.29 is 14.3 Å². The Labute approximate surface area is 163 Å². The average molecular weight is 382 g/mol. The van der Waals surface area contributed by atoms with Crippen molar-refractivity contribution in [3.8, 4) is 0 Å². The summed E-state index contributed by atoms with van der Waals surface area (Å²) in [5.74, 6) is -0.378. The second kappa shape index (κ2) is 8.39. The molecule has 0 bridgehead atoms. The number of nitrogens with zero attached hydrogens (tertiary/aromatic N) is 1. The molecule has 27 heavy (non-hydrogen) atoms. The zero-order chi connectivity index (χ0) is 19.4. The topological polar surface area (TPSA) is 67.8 Å². The first-order valence-electron chi connectivity index (χ1n) is 8.86. The van der Waals surface area contributed by atoms with Gasteiger partial charge in [-0.3, -0.25) is 4.79 Å². The molecular weight excluding hydrogens is 360 g/mol. The van der Waals surface area contributed by atoms with Crippen molar-refractivity contribution in [1.82, 2.24) is 5.32 Å². The lowest BCUT2D eigenvalue weighted by molar-refractivity contribution is -0.118. The largest absolute Gasteiger partial charge is 0.462 e. The van der Waals surface area contributed by atoms with E-state index >= 15 is 0 Å². The molecule has 6 heteroatoms. The Morgan fingerprint density at radius 3 is 2.56 bits per heavy atom. The van der Waals surface area contributed by atoms with Gasteiger partial charge in [0, 0.05) is 0 Å².